The fourth-order valence-electron chi connectivity index (χ4n) is 2.76. The van der Waals surface area contributed by atoms with E-state index < -0.39 is 0 Å². The van der Waals surface area contributed by atoms with Crippen molar-refractivity contribution in [3.63, 3.8) is 0 Å². The summed E-state index contributed by atoms with van der Waals surface area (Å²) < 4.78 is 5.18. The topological polar surface area (TPSA) is 37.7 Å². The summed E-state index contributed by atoms with van der Waals surface area (Å²) in [5.74, 6) is 0.832. The Bertz CT molecular complexity index is 1110. The van der Waals surface area contributed by atoms with E-state index in [4.69, 9.17) is 9.72 Å². The highest BCUT2D eigenvalue weighted by molar-refractivity contribution is 7.99. The minimum Gasteiger partial charge on any atom is -0.497 e. The van der Waals surface area contributed by atoms with Gasteiger partial charge in [0.2, 0.25) is 5.13 Å². The van der Waals surface area contributed by atoms with Crippen molar-refractivity contribution in [3.8, 4) is 17.0 Å². The van der Waals surface area contributed by atoms with Crippen LogP contribution in [0, 0.1) is 0 Å². The first-order valence-electron chi connectivity index (χ1n) is 9.42. The number of benzene rings is 3. The molecule has 0 fully saturated rings. The first kappa shape index (κ1) is 20.2. The summed E-state index contributed by atoms with van der Waals surface area (Å²) in [5.41, 5.74) is 3.06. The lowest BCUT2D eigenvalue weighted by molar-refractivity contribution is 0.415. The number of nitrogens with zero attached hydrogens (tertiary/aromatic N) is 3. The van der Waals surface area contributed by atoms with Gasteiger partial charge in [-0.2, -0.15) is 5.10 Å². The molecule has 4 rings (SSSR count). The van der Waals surface area contributed by atoms with E-state index in [1.807, 2.05) is 43.6 Å². The molecule has 0 aliphatic carbocycles. The van der Waals surface area contributed by atoms with Crippen LogP contribution in [0.25, 0.3) is 11.3 Å². The molecule has 0 aliphatic rings. The van der Waals surface area contributed by atoms with Gasteiger partial charge in [0.05, 0.1) is 19.0 Å². The predicted octanol–water partition coefficient (Wildman–Crippen LogP) is 6.44. The van der Waals surface area contributed by atoms with E-state index in [2.05, 4.69) is 59.0 Å². The normalized spacial score (nSPS) is 11.0. The summed E-state index contributed by atoms with van der Waals surface area (Å²) in [6, 6.07) is 26.7. The predicted molar refractivity (Wildman–Crippen MR) is 127 cm³/mol. The van der Waals surface area contributed by atoms with Crippen LogP contribution in [0.3, 0.4) is 0 Å². The van der Waals surface area contributed by atoms with Gasteiger partial charge in [-0.3, -0.25) is 0 Å². The number of ether oxygens (including phenoxy) is 1. The second kappa shape index (κ2) is 9.61. The Morgan fingerprint density at radius 2 is 1.63 bits per heavy atom. The number of thiazole rings is 1. The highest BCUT2D eigenvalue weighted by Crippen LogP contribution is 2.31. The average Bonchev–Trinajstić information content (AvgIpc) is 3.29. The van der Waals surface area contributed by atoms with E-state index in [9.17, 15) is 0 Å². The molecule has 150 valence electrons. The molecule has 6 heteroatoms. The van der Waals surface area contributed by atoms with Gasteiger partial charge in [0, 0.05) is 27.8 Å². The lowest BCUT2D eigenvalue weighted by atomic mass is 10.2. The van der Waals surface area contributed by atoms with Crippen LogP contribution in [-0.4, -0.2) is 25.4 Å². The molecule has 0 saturated carbocycles. The maximum atomic E-state index is 5.18. The van der Waals surface area contributed by atoms with Crippen molar-refractivity contribution in [2.75, 3.05) is 19.2 Å². The van der Waals surface area contributed by atoms with Crippen LogP contribution in [0.15, 0.2) is 99.1 Å². The van der Waals surface area contributed by atoms with Crippen LogP contribution in [0.4, 0.5) is 5.13 Å². The summed E-state index contributed by atoms with van der Waals surface area (Å²) in [4.78, 5) is 7.18. The van der Waals surface area contributed by atoms with E-state index in [1.165, 1.54) is 9.79 Å². The Kier molecular flexibility index (Phi) is 6.47. The number of anilines is 1. The Labute approximate surface area is 184 Å². The van der Waals surface area contributed by atoms with Gasteiger partial charge in [0.15, 0.2) is 0 Å². The third-order valence-electron chi connectivity index (χ3n) is 4.39. The van der Waals surface area contributed by atoms with Crippen LogP contribution >= 0.6 is 23.1 Å². The first-order valence-corrected chi connectivity index (χ1v) is 11.1. The van der Waals surface area contributed by atoms with Gasteiger partial charge in [-0.25, -0.2) is 9.99 Å². The Morgan fingerprint density at radius 3 is 2.33 bits per heavy atom. The Morgan fingerprint density at radius 1 is 0.933 bits per heavy atom. The van der Waals surface area contributed by atoms with Crippen molar-refractivity contribution in [2.45, 2.75) is 9.79 Å². The fraction of sp³-hybridized carbons (Fsp3) is 0.0833. The SMILES string of the molecule is COc1ccc(C=NN(C)c2nc(-c3ccc(Sc4ccccc4)cc3)cs2)cc1. The molecule has 4 nitrogen and oxygen atoms in total. The molecule has 30 heavy (non-hydrogen) atoms. The van der Waals surface area contributed by atoms with Gasteiger partial charge in [-0.05, 0) is 54.1 Å². The third kappa shape index (κ3) is 5.09. The van der Waals surface area contributed by atoms with Crippen LogP contribution in [0.5, 0.6) is 5.75 Å². The zero-order valence-electron chi connectivity index (χ0n) is 16.7. The van der Waals surface area contributed by atoms with Gasteiger partial charge < -0.3 is 4.74 Å². The van der Waals surface area contributed by atoms with Gasteiger partial charge in [-0.1, -0.05) is 42.1 Å². The minimum atomic E-state index is 0.832. The molecular weight excluding hydrogens is 410 g/mol. The van der Waals surface area contributed by atoms with Gasteiger partial charge in [0.1, 0.15) is 5.75 Å². The van der Waals surface area contributed by atoms with Gasteiger partial charge in [-0.15, -0.1) is 11.3 Å². The van der Waals surface area contributed by atoms with Crippen LogP contribution < -0.4 is 9.75 Å². The van der Waals surface area contributed by atoms with E-state index in [1.54, 1.807) is 35.2 Å². The third-order valence-corrected chi connectivity index (χ3v) is 6.32. The highest BCUT2D eigenvalue weighted by Gasteiger charge is 2.08. The maximum Gasteiger partial charge on any atom is 0.206 e. The number of methoxy groups -OCH3 is 1. The number of hydrogen-bond donors (Lipinski definition) is 0. The molecule has 1 aromatic heterocycles. The molecule has 0 radical (unpaired) electrons. The van der Waals surface area contributed by atoms with E-state index in [0.717, 1.165) is 27.7 Å². The summed E-state index contributed by atoms with van der Waals surface area (Å²) >= 11 is 3.33. The highest BCUT2D eigenvalue weighted by atomic mass is 32.2. The minimum absolute atomic E-state index is 0.832. The largest absolute Gasteiger partial charge is 0.497 e. The van der Waals surface area contributed by atoms with E-state index in [-0.39, 0.29) is 0 Å². The summed E-state index contributed by atoms with van der Waals surface area (Å²) in [6.07, 6.45) is 1.82. The number of hydrazone groups is 1. The molecule has 0 spiro atoms. The lowest BCUT2D eigenvalue weighted by Crippen LogP contribution is -2.08. The van der Waals surface area contributed by atoms with Crippen LogP contribution in [0.2, 0.25) is 0 Å². The molecule has 0 bridgehead atoms. The Balaban J connectivity index is 1.42. The van der Waals surface area contributed by atoms with E-state index in [0.29, 0.717) is 0 Å². The number of rotatable bonds is 7. The fourth-order valence-corrected chi connectivity index (χ4v) is 4.35. The molecule has 1 heterocycles. The molecule has 3 aromatic carbocycles. The standard InChI is InChI=1S/C24H21N3OS2/c1-27(25-16-18-8-12-20(28-2)13-9-18)24-26-23(17-29-24)19-10-14-22(15-11-19)30-21-6-4-3-5-7-21/h3-17H,1-2H3. The van der Waals surface area contributed by atoms with Crippen molar-refractivity contribution in [1.82, 2.24) is 4.98 Å². The number of aromatic nitrogens is 1. The molecule has 0 N–H and O–H groups in total. The summed E-state index contributed by atoms with van der Waals surface area (Å²) in [7, 11) is 3.56. The molecule has 4 aromatic rings. The molecule has 0 amide bonds. The molecule has 0 saturated heterocycles. The zero-order valence-corrected chi connectivity index (χ0v) is 18.4. The van der Waals surface area contributed by atoms with Crippen molar-refractivity contribution < 1.29 is 4.74 Å². The monoisotopic (exact) mass is 431 g/mol. The smallest absolute Gasteiger partial charge is 0.206 e. The molecule has 0 unspecified atom stereocenters. The lowest BCUT2D eigenvalue weighted by Gasteiger charge is -2.08. The molecule has 0 aliphatic heterocycles. The maximum absolute atomic E-state index is 5.18. The van der Waals surface area contributed by atoms with Gasteiger partial charge in [0.25, 0.3) is 0 Å². The Hall–Kier alpha value is -3.09. The molecular formula is C24H21N3OS2. The van der Waals surface area contributed by atoms with Crippen LogP contribution in [0.1, 0.15) is 5.56 Å². The second-order valence-electron chi connectivity index (χ2n) is 6.50. The quantitative estimate of drug-likeness (QED) is 0.249. The average molecular weight is 432 g/mol. The van der Waals surface area contributed by atoms with Crippen molar-refractivity contribution in [1.29, 1.82) is 0 Å². The number of hydrogen-bond acceptors (Lipinski definition) is 6. The summed E-state index contributed by atoms with van der Waals surface area (Å²) in [5, 5.41) is 9.20. The van der Waals surface area contributed by atoms with Crippen molar-refractivity contribution >= 4 is 34.4 Å². The van der Waals surface area contributed by atoms with E-state index >= 15 is 0 Å². The summed E-state index contributed by atoms with van der Waals surface area (Å²) in [6.45, 7) is 0. The van der Waals surface area contributed by atoms with Crippen molar-refractivity contribution in [3.05, 3.63) is 89.8 Å². The van der Waals surface area contributed by atoms with Gasteiger partial charge >= 0.3 is 0 Å². The zero-order chi connectivity index (χ0) is 20.8. The first-order chi connectivity index (χ1) is 14.7. The second-order valence-corrected chi connectivity index (χ2v) is 8.48. The van der Waals surface area contributed by atoms with Crippen LogP contribution in [-0.2, 0) is 0 Å². The van der Waals surface area contributed by atoms with Crippen molar-refractivity contribution in [2.24, 2.45) is 5.10 Å². The molecule has 0 atom stereocenters.